The number of hydrogen-bond donors (Lipinski definition) is 2. The van der Waals surface area contributed by atoms with E-state index in [0.29, 0.717) is 5.92 Å². The fourth-order valence-corrected chi connectivity index (χ4v) is 2.11. The van der Waals surface area contributed by atoms with Gasteiger partial charge in [0.15, 0.2) is 0 Å². The van der Waals surface area contributed by atoms with Crippen molar-refractivity contribution in [3.63, 3.8) is 0 Å². The van der Waals surface area contributed by atoms with Gasteiger partial charge in [0.1, 0.15) is 11.7 Å². The van der Waals surface area contributed by atoms with Crippen LogP contribution in [-0.4, -0.2) is 24.4 Å². The molecule has 0 fully saturated rings. The molecule has 4 heteroatoms. The number of amidine groups is 1. The monoisotopic (exact) mass is 248 g/mol. The van der Waals surface area contributed by atoms with E-state index in [-0.39, 0.29) is 5.84 Å². The van der Waals surface area contributed by atoms with Gasteiger partial charge in [-0.2, -0.15) is 0 Å². The van der Waals surface area contributed by atoms with Gasteiger partial charge in [-0.25, -0.2) is 4.98 Å². The van der Waals surface area contributed by atoms with E-state index >= 15 is 0 Å². The van der Waals surface area contributed by atoms with Crippen LogP contribution in [0.25, 0.3) is 0 Å². The summed E-state index contributed by atoms with van der Waals surface area (Å²) in [5.74, 6) is 1.50. The minimum absolute atomic E-state index is 0.0889. The first-order chi connectivity index (χ1) is 8.36. The van der Waals surface area contributed by atoms with Gasteiger partial charge in [-0.1, -0.05) is 20.3 Å². The molecule has 1 aromatic rings. The van der Waals surface area contributed by atoms with Crippen LogP contribution in [0, 0.1) is 25.2 Å². The predicted molar refractivity (Wildman–Crippen MR) is 77.5 cm³/mol. The zero-order valence-corrected chi connectivity index (χ0v) is 12.0. The molecule has 4 nitrogen and oxygen atoms in total. The summed E-state index contributed by atoms with van der Waals surface area (Å²) < 4.78 is 0. The lowest BCUT2D eigenvalue weighted by molar-refractivity contribution is 0.557. The van der Waals surface area contributed by atoms with Crippen molar-refractivity contribution in [2.75, 3.05) is 18.5 Å². The van der Waals surface area contributed by atoms with Crippen LogP contribution in [0.2, 0.25) is 0 Å². The van der Waals surface area contributed by atoms with E-state index in [1.807, 2.05) is 27.0 Å². The summed E-state index contributed by atoms with van der Waals surface area (Å²) in [5, 5.41) is 7.72. The number of rotatable bonds is 5. The lowest BCUT2D eigenvalue weighted by atomic mass is 10.1. The first-order valence-corrected chi connectivity index (χ1v) is 6.40. The van der Waals surface area contributed by atoms with Crippen molar-refractivity contribution in [1.29, 1.82) is 5.41 Å². The Morgan fingerprint density at radius 1 is 1.50 bits per heavy atom. The maximum absolute atomic E-state index is 7.72. The van der Waals surface area contributed by atoms with Crippen molar-refractivity contribution < 1.29 is 0 Å². The van der Waals surface area contributed by atoms with Crippen molar-refractivity contribution in [3.05, 3.63) is 22.9 Å². The number of anilines is 1. The molecule has 0 amide bonds. The van der Waals surface area contributed by atoms with Crippen molar-refractivity contribution >= 4 is 11.7 Å². The lowest BCUT2D eigenvalue weighted by Gasteiger charge is -2.25. The number of nitrogen functional groups attached to an aromatic ring is 1. The average Bonchev–Trinajstić information content (AvgIpc) is 2.26. The Bertz CT molecular complexity index is 440. The largest absolute Gasteiger partial charge is 0.384 e. The average molecular weight is 248 g/mol. The van der Waals surface area contributed by atoms with Gasteiger partial charge in [0.2, 0.25) is 0 Å². The second-order valence-corrected chi connectivity index (χ2v) is 5.09. The molecule has 0 saturated carbocycles. The summed E-state index contributed by atoms with van der Waals surface area (Å²) in [6.07, 6.45) is 1.13. The Morgan fingerprint density at radius 2 is 2.11 bits per heavy atom. The highest BCUT2D eigenvalue weighted by Gasteiger charge is 2.16. The number of aryl methyl sites for hydroxylation is 2. The molecule has 1 aromatic heterocycles. The van der Waals surface area contributed by atoms with E-state index < -0.39 is 0 Å². The quantitative estimate of drug-likeness (QED) is 0.621. The maximum Gasteiger partial charge on any atom is 0.139 e. The molecule has 0 radical (unpaired) electrons. The zero-order valence-electron chi connectivity index (χ0n) is 12.0. The second-order valence-electron chi connectivity index (χ2n) is 5.09. The number of nitrogens with zero attached hydrogens (tertiary/aromatic N) is 2. The molecule has 100 valence electrons. The molecule has 3 N–H and O–H groups in total. The van der Waals surface area contributed by atoms with E-state index in [4.69, 9.17) is 11.1 Å². The van der Waals surface area contributed by atoms with Crippen molar-refractivity contribution in [3.8, 4) is 0 Å². The Hall–Kier alpha value is -1.58. The molecule has 18 heavy (non-hydrogen) atoms. The first-order valence-electron chi connectivity index (χ1n) is 6.40. The first kappa shape index (κ1) is 14.5. The molecule has 0 aliphatic heterocycles. The molecule has 1 rings (SSSR count). The number of nitrogens with two attached hydrogens (primary N) is 1. The van der Waals surface area contributed by atoms with Gasteiger partial charge in [0.05, 0.1) is 5.56 Å². The third kappa shape index (κ3) is 3.22. The highest BCUT2D eigenvalue weighted by Crippen LogP contribution is 2.22. The third-order valence-electron chi connectivity index (χ3n) is 3.24. The predicted octanol–water partition coefficient (Wildman–Crippen LogP) is 2.46. The van der Waals surface area contributed by atoms with Crippen LogP contribution >= 0.6 is 0 Å². The van der Waals surface area contributed by atoms with Gasteiger partial charge in [0.25, 0.3) is 0 Å². The molecular weight excluding hydrogens is 224 g/mol. The van der Waals surface area contributed by atoms with Crippen molar-refractivity contribution in [1.82, 2.24) is 4.98 Å². The fourth-order valence-electron chi connectivity index (χ4n) is 2.11. The van der Waals surface area contributed by atoms with Gasteiger partial charge in [-0.3, -0.25) is 5.41 Å². The smallest absolute Gasteiger partial charge is 0.139 e. The molecule has 1 heterocycles. The summed E-state index contributed by atoms with van der Waals surface area (Å²) in [6.45, 7) is 9.27. The number of aromatic nitrogens is 1. The molecule has 0 saturated heterocycles. The molecule has 1 unspecified atom stereocenters. The summed E-state index contributed by atoms with van der Waals surface area (Å²) in [4.78, 5) is 6.65. The lowest BCUT2D eigenvalue weighted by Crippen LogP contribution is -2.28. The topological polar surface area (TPSA) is 66.0 Å². The van der Waals surface area contributed by atoms with Gasteiger partial charge >= 0.3 is 0 Å². The SMILES string of the molecule is CCC(C)CN(C)c1nc(C)cc(C)c1C(=N)N. The minimum Gasteiger partial charge on any atom is -0.384 e. The maximum atomic E-state index is 7.72. The Morgan fingerprint density at radius 3 is 2.61 bits per heavy atom. The standard InChI is InChI=1S/C14H24N4/c1-6-9(2)8-18(5)14-12(13(15)16)10(3)7-11(4)17-14/h7,9H,6,8H2,1-5H3,(H3,15,16). The van der Waals surface area contributed by atoms with E-state index in [1.165, 1.54) is 0 Å². The van der Waals surface area contributed by atoms with Crippen LogP contribution < -0.4 is 10.6 Å². The number of nitrogens with one attached hydrogen (secondary N) is 1. The summed E-state index contributed by atoms with van der Waals surface area (Å²) in [5.41, 5.74) is 8.42. The van der Waals surface area contributed by atoms with E-state index in [9.17, 15) is 0 Å². The van der Waals surface area contributed by atoms with Gasteiger partial charge in [-0.15, -0.1) is 0 Å². The highest BCUT2D eigenvalue weighted by molar-refractivity contribution is 6.01. The summed E-state index contributed by atoms with van der Waals surface area (Å²) in [7, 11) is 2.01. The highest BCUT2D eigenvalue weighted by atomic mass is 15.2. The van der Waals surface area contributed by atoms with E-state index in [0.717, 1.165) is 35.6 Å². The minimum atomic E-state index is 0.0889. The van der Waals surface area contributed by atoms with Crippen LogP contribution in [-0.2, 0) is 0 Å². The number of hydrogen-bond acceptors (Lipinski definition) is 3. The van der Waals surface area contributed by atoms with Gasteiger partial charge in [-0.05, 0) is 31.4 Å². The molecule has 0 aromatic carbocycles. The molecule has 0 aliphatic carbocycles. The van der Waals surface area contributed by atoms with Gasteiger partial charge in [0, 0.05) is 19.3 Å². The van der Waals surface area contributed by atoms with Crippen LogP contribution in [0.15, 0.2) is 6.07 Å². The van der Waals surface area contributed by atoms with E-state index in [1.54, 1.807) is 0 Å². The van der Waals surface area contributed by atoms with Crippen molar-refractivity contribution in [2.45, 2.75) is 34.1 Å². The van der Waals surface area contributed by atoms with Crippen LogP contribution in [0.5, 0.6) is 0 Å². The van der Waals surface area contributed by atoms with Crippen LogP contribution in [0.4, 0.5) is 5.82 Å². The Labute approximate surface area is 110 Å². The third-order valence-corrected chi connectivity index (χ3v) is 3.24. The fraction of sp³-hybridized carbons (Fsp3) is 0.571. The van der Waals surface area contributed by atoms with Crippen molar-refractivity contribution in [2.24, 2.45) is 11.7 Å². The molecule has 0 aliphatic rings. The summed E-state index contributed by atoms with van der Waals surface area (Å²) >= 11 is 0. The second kappa shape index (κ2) is 5.85. The Balaban J connectivity index is 3.17. The van der Waals surface area contributed by atoms with Crippen LogP contribution in [0.1, 0.15) is 37.1 Å². The Kier molecular flexibility index (Phi) is 4.70. The molecule has 1 atom stereocenters. The molecular formula is C14H24N4. The molecule has 0 spiro atoms. The van der Waals surface area contributed by atoms with E-state index in [2.05, 4.69) is 23.7 Å². The van der Waals surface area contributed by atoms with Gasteiger partial charge < -0.3 is 10.6 Å². The van der Waals surface area contributed by atoms with Crippen LogP contribution in [0.3, 0.4) is 0 Å². The normalized spacial score (nSPS) is 12.3. The summed E-state index contributed by atoms with van der Waals surface area (Å²) in [6, 6.07) is 1.97. The molecule has 0 bridgehead atoms. The zero-order chi connectivity index (χ0) is 13.9. The number of pyridine rings is 1.